The van der Waals surface area contributed by atoms with E-state index in [1.54, 1.807) is 0 Å². The zero-order valence-electron chi connectivity index (χ0n) is 14.3. The molecule has 7 nitrogen and oxygen atoms in total. The number of hydrogen-bond donors (Lipinski definition) is 1. The van der Waals surface area contributed by atoms with Gasteiger partial charge in [-0.1, -0.05) is 19.0 Å². The molecule has 0 radical (unpaired) electrons. The van der Waals surface area contributed by atoms with Crippen molar-refractivity contribution < 1.29 is 9.32 Å². The van der Waals surface area contributed by atoms with Crippen molar-refractivity contribution in [2.75, 3.05) is 26.2 Å². The minimum absolute atomic E-state index is 0.0475. The first-order chi connectivity index (χ1) is 11.0. The topological polar surface area (TPSA) is 74.5 Å². The minimum atomic E-state index is -0.0475. The molecule has 1 amide bonds. The van der Waals surface area contributed by atoms with E-state index in [2.05, 4.69) is 39.1 Å². The van der Waals surface area contributed by atoms with Gasteiger partial charge in [0.2, 0.25) is 11.8 Å². The lowest BCUT2D eigenvalue weighted by Gasteiger charge is -2.36. The molecule has 0 unspecified atom stereocenters. The maximum atomic E-state index is 12.1. The van der Waals surface area contributed by atoms with Crippen LogP contribution in [-0.4, -0.2) is 64.1 Å². The quantitative estimate of drug-likeness (QED) is 0.842. The summed E-state index contributed by atoms with van der Waals surface area (Å²) in [4.78, 5) is 21.1. The first-order valence-electron chi connectivity index (χ1n) is 8.62. The Hall–Kier alpha value is -1.47. The van der Waals surface area contributed by atoms with E-state index in [1.807, 2.05) is 6.92 Å². The molecule has 0 bridgehead atoms. The molecule has 1 aliphatic carbocycles. The van der Waals surface area contributed by atoms with Crippen molar-refractivity contribution in [1.29, 1.82) is 0 Å². The van der Waals surface area contributed by atoms with Gasteiger partial charge < -0.3 is 9.84 Å². The van der Waals surface area contributed by atoms with Gasteiger partial charge in [0, 0.05) is 38.1 Å². The Morgan fingerprint density at radius 3 is 2.52 bits per heavy atom. The van der Waals surface area contributed by atoms with Crippen LogP contribution in [0.15, 0.2) is 4.52 Å². The smallest absolute Gasteiger partial charge is 0.240 e. The second-order valence-electron chi connectivity index (χ2n) is 6.97. The van der Waals surface area contributed by atoms with Crippen molar-refractivity contribution in [3.8, 4) is 0 Å². The van der Waals surface area contributed by atoms with Crippen LogP contribution in [0.25, 0.3) is 0 Å². The highest BCUT2D eigenvalue weighted by atomic mass is 16.5. The number of carbonyl (C=O) groups excluding carboxylic acids is 1. The van der Waals surface area contributed by atoms with Crippen LogP contribution < -0.4 is 5.32 Å². The van der Waals surface area contributed by atoms with Crippen molar-refractivity contribution in [2.45, 2.75) is 58.2 Å². The Morgan fingerprint density at radius 1 is 1.26 bits per heavy atom. The number of piperazine rings is 1. The second kappa shape index (κ2) is 6.97. The fourth-order valence-corrected chi connectivity index (χ4v) is 2.78. The predicted molar refractivity (Wildman–Crippen MR) is 85.9 cm³/mol. The Morgan fingerprint density at radius 2 is 1.96 bits per heavy atom. The average Bonchev–Trinajstić information content (AvgIpc) is 3.22. The molecule has 23 heavy (non-hydrogen) atoms. The van der Waals surface area contributed by atoms with E-state index in [-0.39, 0.29) is 17.9 Å². The van der Waals surface area contributed by atoms with Gasteiger partial charge in [0.15, 0.2) is 5.82 Å². The SMILES string of the molecule is CC(C)c1noc(CN2CCN([C@@H](C)C(=O)NC3CC3)CC2)n1. The molecule has 2 heterocycles. The van der Waals surface area contributed by atoms with Crippen molar-refractivity contribution in [1.82, 2.24) is 25.3 Å². The van der Waals surface area contributed by atoms with E-state index in [0.29, 0.717) is 18.5 Å². The summed E-state index contributed by atoms with van der Waals surface area (Å²) < 4.78 is 5.31. The van der Waals surface area contributed by atoms with Gasteiger partial charge in [-0.2, -0.15) is 4.98 Å². The van der Waals surface area contributed by atoms with Crippen LogP contribution >= 0.6 is 0 Å². The number of nitrogens with zero attached hydrogens (tertiary/aromatic N) is 4. The number of carbonyl (C=O) groups is 1. The molecule has 0 spiro atoms. The molecular formula is C16H27N5O2. The summed E-state index contributed by atoms with van der Waals surface area (Å²) in [5.41, 5.74) is 0. The van der Waals surface area contributed by atoms with E-state index in [1.165, 1.54) is 0 Å². The summed E-state index contributed by atoms with van der Waals surface area (Å²) >= 11 is 0. The van der Waals surface area contributed by atoms with Crippen LogP contribution in [0.3, 0.4) is 0 Å². The van der Waals surface area contributed by atoms with E-state index in [0.717, 1.165) is 44.8 Å². The highest BCUT2D eigenvalue weighted by Crippen LogP contribution is 2.19. The van der Waals surface area contributed by atoms with Gasteiger partial charge >= 0.3 is 0 Å². The molecule has 1 aromatic rings. The monoisotopic (exact) mass is 321 g/mol. The molecule has 1 atom stereocenters. The van der Waals surface area contributed by atoms with Gasteiger partial charge in [-0.05, 0) is 19.8 Å². The Labute approximate surface area is 137 Å². The molecule has 1 aliphatic heterocycles. The molecule has 7 heteroatoms. The molecule has 1 N–H and O–H groups in total. The van der Waals surface area contributed by atoms with Gasteiger partial charge in [-0.15, -0.1) is 0 Å². The number of hydrogen-bond acceptors (Lipinski definition) is 6. The fourth-order valence-electron chi connectivity index (χ4n) is 2.78. The zero-order chi connectivity index (χ0) is 16.4. The average molecular weight is 321 g/mol. The highest BCUT2D eigenvalue weighted by Gasteiger charge is 2.30. The molecule has 1 saturated heterocycles. The zero-order valence-corrected chi connectivity index (χ0v) is 14.3. The van der Waals surface area contributed by atoms with E-state index >= 15 is 0 Å². The van der Waals surface area contributed by atoms with Crippen LogP contribution in [0.4, 0.5) is 0 Å². The third-order valence-electron chi connectivity index (χ3n) is 4.62. The third kappa shape index (κ3) is 4.29. The van der Waals surface area contributed by atoms with E-state index in [4.69, 9.17) is 4.52 Å². The Balaban J connectivity index is 1.44. The summed E-state index contributed by atoms with van der Waals surface area (Å²) in [7, 11) is 0. The van der Waals surface area contributed by atoms with Crippen molar-refractivity contribution >= 4 is 5.91 Å². The Bertz CT molecular complexity index is 532. The lowest BCUT2D eigenvalue weighted by Crippen LogP contribution is -2.53. The maximum Gasteiger partial charge on any atom is 0.240 e. The van der Waals surface area contributed by atoms with Gasteiger partial charge in [-0.3, -0.25) is 14.6 Å². The predicted octanol–water partition coefficient (Wildman–Crippen LogP) is 0.978. The molecule has 2 aliphatic rings. The second-order valence-corrected chi connectivity index (χ2v) is 6.97. The van der Waals surface area contributed by atoms with Crippen LogP contribution in [0.1, 0.15) is 51.2 Å². The summed E-state index contributed by atoms with van der Waals surface area (Å²) in [6, 6.07) is 0.382. The molecule has 1 saturated carbocycles. The molecule has 1 aromatic heterocycles. The standard InChI is InChI=1S/C16H27N5O2/c1-11(2)15-18-14(23-19-15)10-20-6-8-21(9-7-20)12(3)16(22)17-13-4-5-13/h11-13H,4-10H2,1-3H3,(H,17,22)/t12-/m0/s1. The lowest BCUT2D eigenvalue weighted by atomic mass is 10.2. The Kier molecular flexibility index (Phi) is 4.96. The molecule has 2 fully saturated rings. The number of amides is 1. The highest BCUT2D eigenvalue weighted by molar-refractivity contribution is 5.81. The molecule has 0 aromatic carbocycles. The van der Waals surface area contributed by atoms with Gasteiger partial charge in [-0.25, -0.2) is 0 Å². The van der Waals surface area contributed by atoms with Crippen LogP contribution in [0.2, 0.25) is 0 Å². The lowest BCUT2D eigenvalue weighted by molar-refractivity contribution is -0.126. The first kappa shape index (κ1) is 16.4. The van der Waals surface area contributed by atoms with Gasteiger partial charge in [0.1, 0.15) is 0 Å². The van der Waals surface area contributed by atoms with Gasteiger partial charge in [0.05, 0.1) is 12.6 Å². The van der Waals surface area contributed by atoms with Crippen LogP contribution in [0.5, 0.6) is 0 Å². The van der Waals surface area contributed by atoms with Gasteiger partial charge in [0.25, 0.3) is 0 Å². The summed E-state index contributed by atoms with van der Waals surface area (Å²) in [6.45, 7) is 10.4. The van der Waals surface area contributed by atoms with Crippen LogP contribution in [0, 0.1) is 0 Å². The third-order valence-corrected chi connectivity index (χ3v) is 4.62. The minimum Gasteiger partial charge on any atom is -0.352 e. The number of nitrogens with one attached hydrogen (secondary N) is 1. The van der Waals surface area contributed by atoms with E-state index < -0.39 is 0 Å². The van der Waals surface area contributed by atoms with Crippen LogP contribution in [-0.2, 0) is 11.3 Å². The summed E-state index contributed by atoms with van der Waals surface area (Å²) in [6.07, 6.45) is 2.27. The number of aromatic nitrogens is 2. The maximum absolute atomic E-state index is 12.1. The fraction of sp³-hybridized carbons (Fsp3) is 0.812. The normalized spacial score (nSPS) is 21.6. The molecule has 3 rings (SSSR count). The first-order valence-corrected chi connectivity index (χ1v) is 8.62. The van der Waals surface area contributed by atoms with Crippen molar-refractivity contribution in [2.24, 2.45) is 0 Å². The van der Waals surface area contributed by atoms with Crippen molar-refractivity contribution in [3.63, 3.8) is 0 Å². The molecule has 128 valence electrons. The largest absolute Gasteiger partial charge is 0.352 e. The molecular weight excluding hydrogens is 294 g/mol. The van der Waals surface area contributed by atoms with Crippen molar-refractivity contribution in [3.05, 3.63) is 11.7 Å². The summed E-state index contributed by atoms with van der Waals surface area (Å²) in [5.74, 6) is 1.90. The number of rotatable bonds is 6. The van der Waals surface area contributed by atoms with E-state index in [9.17, 15) is 4.79 Å². The summed E-state index contributed by atoms with van der Waals surface area (Å²) in [5, 5.41) is 7.09.